The van der Waals surface area contributed by atoms with E-state index >= 15 is 0 Å². The van der Waals surface area contributed by atoms with E-state index in [1.54, 1.807) is 28.4 Å². The summed E-state index contributed by atoms with van der Waals surface area (Å²) in [5.74, 6) is 3.03. The maximum Gasteiger partial charge on any atom is 0.161 e. The Bertz CT molecular complexity index is 1090. The first-order valence-corrected chi connectivity index (χ1v) is 14.7. The van der Waals surface area contributed by atoms with Crippen LogP contribution in [0.5, 0.6) is 23.0 Å². The summed E-state index contributed by atoms with van der Waals surface area (Å²) in [5, 5.41) is 4.82. The minimum Gasteiger partial charge on any atom is -0.493 e. The SMILES string of the molecule is CC.CCC.CCCCN.COc1cc2c3c(c4cc(OC)c(OC)cc4c2cc1OC)CN1CCCC1C3. The normalized spacial score (nSPS) is 15.5. The van der Waals surface area contributed by atoms with E-state index in [9.17, 15) is 0 Å². The summed E-state index contributed by atoms with van der Waals surface area (Å²) in [4.78, 5) is 2.63. The molecule has 1 saturated heterocycles. The summed E-state index contributed by atoms with van der Waals surface area (Å²) in [6, 6.07) is 9.12. The van der Waals surface area contributed by atoms with Crippen LogP contribution in [-0.4, -0.2) is 52.5 Å². The topological polar surface area (TPSA) is 66.2 Å². The molecule has 0 radical (unpaired) electrons. The third-order valence-corrected chi connectivity index (χ3v) is 7.21. The van der Waals surface area contributed by atoms with Crippen LogP contribution in [0.15, 0.2) is 24.3 Å². The predicted octanol–water partition coefficient (Wildman–Crippen LogP) is 7.74. The molecular weight excluding hydrogens is 488 g/mol. The van der Waals surface area contributed by atoms with E-state index in [1.807, 2.05) is 13.8 Å². The lowest BCUT2D eigenvalue weighted by Gasteiger charge is -2.33. The van der Waals surface area contributed by atoms with Gasteiger partial charge in [0.05, 0.1) is 28.4 Å². The highest BCUT2D eigenvalue weighted by molar-refractivity contribution is 6.12. The Balaban J connectivity index is 0.000000467. The number of unbranched alkanes of at least 4 members (excludes halogenated alkanes) is 1. The molecule has 2 aliphatic rings. The van der Waals surface area contributed by atoms with Gasteiger partial charge in [-0.3, -0.25) is 4.90 Å². The van der Waals surface area contributed by atoms with E-state index in [-0.39, 0.29) is 0 Å². The fourth-order valence-electron chi connectivity index (χ4n) is 5.42. The maximum absolute atomic E-state index is 5.64. The molecule has 2 heterocycles. The zero-order valence-electron chi connectivity index (χ0n) is 25.9. The van der Waals surface area contributed by atoms with E-state index in [0.29, 0.717) is 6.04 Å². The van der Waals surface area contributed by atoms with Crippen molar-refractivity contribution in [2.75, 3.05) is 41.5 Å². The number of fused-ring (bicyclic) bond motifs is 7. The van der Waals surface area contributed by atoms with Crippen molar-refractivity contribution in [3.8, 4) is 23.0 Å². The second kappa shape index (κ2) is 16.4. The van der Waals surface area contributed by atoms with Crippen LogP contribution >= 0.6 is 0 Å². The van der Waals surface area contributed by atoms with Gasteiger partial charge in [0.15, 0.2) is 23.0 Å². The van der Waals surface area contributed by atoms with Gasteiger partial charge in [-0.15, -0.1) is 0 Å². The molecule has 6 nitrogen and oxygen atoms in total. The van der Waals surface area contributed by atoms with E-state index in [2.05, 4.69) is 49.9 Å². The van der Waals surface area contributed by atoms with Gasteiger partial charge in [0.1, 0.15) is 0 Å². The molecule has 39 heavy (non-hydrogen) atoms. The molecule has 1 unspecified atom stereocenters. The Morgan fingerprint density at radius 3 is 1.56 bits per heavy atom. The third-order valence-electron chi connectivity index (χ3n) is 7.21. The summed E-state index contributed by atoms with van der Waals surface area (Å²) in [6.45, 7) is 13.4. The number of benzene rings is 3. The highest BCUT2D eigenvalue weighted by atomic mass is 16.5. The number of hydrogen-bond donors (Lipinski definition) is 1. The molecule has 3 aromatic rings. The first kappa shape index (κ1) is 32.5. The number of nitrogens with zero attached hydrogens (tertiary/aromatic N) is 1. The molecule has 2 N–H and O–H groups in total. The molecule has 0 spiro atoms. The summed E-state index contributed by atoms with van der Waals surface area (Å²) in [5.41, 5.74) is 7.97. The highest BCUT2D eigenvalue weighted by Crippen LogP contribution is 2.46. The fourth-order valence-corrected chi connectivity index (χ4v) is 5.42. The van der Waals surface area contributed by atoms with Gasteiger partial charge >= 0.3 is 0 Å². The standard InChI is InChI=1S/C24H27NO4.C4H11N.C3H8.C2H6/c1-26-21-9-16-15-8-14-6-5-7-25(14)13-20(15)19-12-24(29-4)23(28-3)11-18(19)17(16)10-22(21)27-2;1-2-3-4-5;1-3-2;1-2/h9-12,14H,5-8,13H2,1-4H3;2-5H2,1H3;3H2,1-2H3;1-2H3. The van der Waals surface area contributed by atoms with Crippen LogP contribution in [0.2, 0.25) is 0 Å². The van der Waals surface area contributed by atoms with Crippen LogP contribution < -0.4 is 24.7 Å². The van der Waals surface area contributed by atoms with E-state index in [4.69, 9.17) is 24.7 Å². The molecule has 0 aromatic heterocycles. The number of methoxy groups -OCH3 is 4. The first-order valence-electron chi connectivity index (χ1n) is 14.7. The Kier molecular flexibility index (Phi) is 13.7. The van der Waals surface area contributed by atoms with Gasteiger partial charge in [0.25, 0.3) is 0 Å². The quantitative estimate of drug-likeness (QED) is 0.323. The maximum atomic E-state index is 5.64. The van der Waals surface area contributed by atoms with Crippen molar-refractivity contribution in [2.24, 2.45) is 5.73 Å². The lowest BCUT2D eigenvalue weighted by molar-refractivity contribution is 0.229. The summed E-state index contributed by atoms with van der Waals surface area (Å²) in [6.07, 6.45) is 7.27. The van der Waals surface area contributed by atoms with Crippen LogP contribution in [0, 0.1) is 0 Å². The first-order chi connectivity index (χ1) is 19.0. The van der Waals surface area contributed by atoms with Crippen LogP contribution in [0.25, 0.3) is 21.5 Å². The van der Waals surface area contributed by atoms with Gasteiger partial charge in [-0.1, -0.05) is 47.5 Å². The number of ether oxygens (including phenoxy) is 4. The average molecular weight is 541 g/mol. The monoisotopic (exact) mass is 540 g/mol. The van der Waals surface area contributed by atoms with Crippen molar-refractivity contribution in [1.82, 2.24) is 4.90 Å². The Labute approximate surface area is 236 Å². The van der Waals surface area contributed by atoms with E-state index in [0.717, 1.165) is 47.9 Å². The molecule has 2 aliphatic heterocycles. The second-order valence-electron chi connectivity index (χ2n) is 9.78. The Hall–Kier alpha value is -2.70. The lowest BCUT2D eigenvalue weighted by Crippen LogP contribution is -2.35. The van der Waals surface area contributed by atoms with Gasteiger partial charge in [0.2, 0.25) is 0 Å². The fraction of sp³-hybridized carbons (Fsp3) is 0.576. The van der Waals surface area contributed by atoms with Gasteiger partial charge < -0.3 is 24.7 Å². The molecule has 3 aromatic carbocycles. The molecule has 0 aliphatic carbocycles. The van der Waals surface area contributed by atoms with Crippen LogP contribution in [0.3, 0.4) is 0 Å². The number of rotatable bonds is 6. The van der Waals surface area contributed by atoms with Gasteiger partial charge in [-0.2, -0.15) is 0 Å². The van der Waals surface area contributed by atoms with Crippen molar-refractivity contribution < 1.29 is 18.9 Å². The minimum absolute atomic E-state index is 0.636. The molecule has 1 atom stereocenters. The lowest BCUT2D eigenvalue weighted by atomic mass is 9.85. The van der Waals surface area contributed by atoms with Gasteiger partial charge in [0, 0.05) is 12.6 Å². The molecule has 1 fully saturated rings. The van der Waals surface area contributed by atoms with Crippen LogP contribution in [-0.2, 0) is 13.0 Å². The van der Waals surface area contributed by atoms with Crippen LogP contribution in [0.4, 0.5) is 0 Å². The Morgan fingerprint density at radius 2 is 1.18 bits per heavy atom. The summed E-state index contributed by atoms with van der Waals surface area (Å²) < 4.78 is 22.5. The second-order valence-corrected chi connectivity index (χ2v) is 9.78. The van der Waals surface area contributed by atoms with Crippen molar-refractivity contribution in [2.45, 2.75) is 85.7 Å². The number of hydrogen-bond acceptors (Lipinski definition) is 6. The molecule has 218 valence electrons. The zero-order valence-corrected chi connectivity index (χ0v) is 25.9. The smallest absolute Gasteiger partial charge is 0.161 e. The molecule has 5 rings (SSSR count). The molecule has 0 saturated carbocycles. The van der Waals surface area contributed by atoms with Gasteiger partial charge in [-0.25, -0.2) is 0 Å². The molecule has 6 heteroatoms. The zero-order chi connectivity index (χ0) is 28.9. The largest absolute Gasteiger partial charge is 0.493 e. The van der Waals surface area contributed by atoms with E-state index in [1.165, 1.54) is 65.9 Å². The molecular formula is C33H52N2O4. The van der Waals surface area contributed by atoms with Crippen molar-refractivity contribution >= 4 is 21.5 Å². The average Bonchev–Trinajstić information content (AvgIpc) is 3.44. The molecule has 0 bridgehead atoms. The number of nitrogens with two attached hydrogens (primary N) is 1. The summed E-state index contributed by atoms with van der Waals surface area (Å²) >= 11 is 0. The summed E-state index contributed by atoms with van der Waals surface area (Å²) in [7, 11) is 6.76. The minimum atomic E-state index is 0.636. The van der Waals surface area contributed by atoms with Crippen molar-refractivity contribution in [1.29, 1.82) is 0 Å². The third kappa shape index (κ3) is 7.29. The van der Waals surface area contributed by atoms with Crippen molar-refractivity contribution in [3.63, 3.8) is 0 Å². The predicted molar refractivity (Wildman–Crippen MR) is 166 cm³/mol. The Morgan fingerprint density at radius 1 is 0.744 bits per heavy atom. The van der Waals surface area contributed by atoms with Gasteiger partial charge in [-0.05, 0) is 95.7 Å². The van der Waals surface area contributed by atoms with E-state index < -0.39 is 0 Å². The highest BCUT2D eigenvalue weighted by Gasteiger charge is 2.33. The van der Waals surface area contributed by atoms with Crippen LogP contribution in [0.1, 0.15) is 77.8 Å². The van der Waals surface area contributed by atoms with Crippen molar-refractivity contribution in [3.05, 3.63) is 35.4 Å². The molecule has 0 amide bonds.